The van der Waals surface area contributed by atoms with Gasteiger partial charge in [-0.2, -0.15) is 0 Å². The van der Waals surface area contributed by atoms with Crippen LogP contribution in [0.3, 0.4) is 0 Å². The summed E-state index contributed by atoms with van der Waals surface area (Å²) in [7, 11) is 0. The minimum atomic E-state index is 0.499. The second kappa shape index (κ2) is 7.05. The Labute approximate surface area is 147 Å². The standard InChI is InChI=1S/C20H22N2OS/c1-13-4-6-18(7-5-13)23-11-17-12-24-20(22-17)10-16-8-15(3)19(21)9-14(16)2/h4-9,12H,10-11,21H2,1-3H3. The maximum atomic E-state index is 5.96. The number of benzene rings is 2. The number of rotatable bonds is 5. The first-order valence-corrected chi connectivity index (χ1v) is 8.87. The second-order valence-corrected chi connectivity index (χ2v) is 7.09. The van der Waals surface area contributed by atoms with Gasteiger partial charge >= 0.3 is 0 Å². The van der Waals surface area contributed by atoms with Crippen molar-refractivity contribution in [1.29, 1.82) is 0 Å². The molecule has 24 heavy (non-hydrogen) atoms. The van der Waals surface area contributed by atoms with Crippen molar-refractivity contribution in [2.75, 3.05) is 5.73 Å². The molecule has 0 aliphatic carbocycles. The normalized spacial score (nSPS) is 10.8. The van der Waals surface area contributed by atoms with E-state index in [1.54, 1.807) is 11.3 Å². The van der Waals surface area contributed by atoms with Gasteiger partial charge in [-0.05, 0) is 55.7 Å². The molecule has 0 aliphatic rings. The Morgan fingerprint density at radius 1 is 1.04 bits per heavy atom. The first-order valence-electron chi connectivity index (χ1n) is 7.99. The van der Waals surface area contributed by atoms with E-state index in [-0.39, 0.29) is 0 Å². The van der Waals surface area contributed by atoms with E-state index in [0.717, 1.165) is 34.1 Å². The summed E-state index contributed by atoms with van der Waals surface area (Å²) in [6.07, 6.45) is 0.835. The van der Waals surface area contributed by atoms with Crippen LogP contribution in [0.2, 0.25) is 0 Å². The summed E-state index contributed by atoms with van der Waals surface area (Å²) in [6.45, 7) is 6.71. The van der Waals surface area contributed by atoms with Gasteiger partial charge in [0.2, 0.25) is 0 Å². The molecule has 1 heterocycles. The summed E-state index contributed by atoms with van der Waals surface area (Å²) in [5.41, 5.74) is 12.6. The summed E-state index contributed by atoms with van der Waals surface area (Å²) in [6, 6.07) is 12.3. The van der Waals surface area contributed by atoms with Crippen molar-refractivity contribution in [2.45, 2.75) is 33.8 Å². The Morgan fingerprint density at radius 2 is 1.79 bits per heavy atom. The molecule has 0 amide bonds. The molecule has 2 aromatic carbocycles. The zero-order chi connectivity index (χ0) is 17.1. The van der Waals surface area contributed by atoms with E-state index in [4.69, 9.17) is 15.5 Å². The van der Waals surface area contributed by atoms with Gasteiger partial charge in [0.05, 0.1) is 10.7 Å². The number of thiazole rings is 1. The summed E-state index contributed by atoms with van der Waals surface area (Å²) in [5.74, 6) is 0.875. The van der Waals surface area contributed by atoms with Gasteiger partial charge in [0, 0.05) is 17.5 Å². The number of nitrogen functional groups attached to an aromatic ring is 1. The lowest BCUT2D eigenvalue weighted by molar-refractivity contribution is 0.302. The SMILES string of the molecule is Cc1ccc(OCc2csc(Cc3cc(C)c(N)cc3C)n2)cc1. The molecule has 0 radical (unpaired) electrons. The number of nitrogens with zero attached hydrogens (tertiary/aromatic N) is 1. The Bertz CT molecular complexity index is 837. The Morgan fingerprint density at radius 3 is 2.54 bits per heavy atom. The number of nitrogens with two attached hydrogens (primary N) is 1. The van der Waals surface area contributed by atoms with Crippen molar-refractivity contribution in [1.82, 2.24) is 4.98 Å². The van der Waals surface area contributed by atoms with Crippen LogP contribution in [-0.4, -0.2) is 4.98 Å². The molecular weight excluding hydrogens is 316 g/mol. The minimum absolute atomic E-state index is 0.499. The molecule has 2 N–H and O–H groups in total. The van der Waals surface area contributed by atoms with Crippen LogP contribution in [0.15, 0.2) is 41.8 Å². The first kappa shape index (κ1) is 16.5. The number of aryl methyl sites for hydroxylation is 3. The summed E-state index contributed by atoms with van der Waals surface area (Å²) in [5, 5.41) is 3.17. The fourth-order valence-corrected chi connectivity index (χ4v) is 3.34. The molecule has 0 fully saturated rings. The number of aromatic nitrogens is 1. The van der Waals surface area contributed by atoms with Crippen LogP contribution < -0.4 is 10.5 Å². The van der Waals surface area contributed by atoms with Crippen LogP contribution in [0.5, 0.6) is 5.75 Å². The fourth-order valence-electron chi connectivity index (χ4n) is 2.54. The molecule has 0 saturated heterocycles. The molecule has 0 saturated carbocycles. The molecule has 0 atom stereocenters. The lowest BCUT2D eigenvalue weighted by atomic mass is 10.0. The maximum absolute atomic E-state index is 5.96. The van der Waals surface area contributed by atoms with Gasteiger partial charge in [-0.25, -0.2) is 4.98 Å². The summed E-state index contributed by atoms with van der Waals surface area (Å²) in [4.78, 5) is 4.69. The fraction of sp³-hybridized carbons (Fsp3) is 0.250. The predicted molar refractivity (Wildman–Crippen MR) is 101 cm³/mol. The van der Waals surface area contributed by atoms with Crippen molar-refractivity contribution in [2.24, 2.45) is 0 Å². The third-order valence-corrected chi connectivity index (χ3v) is 4.97. The summed E-state index contributed by atoms with van der Waals surface area (Å²) < 4.78 is 5.80. The third-order valence-electron chi connectivity index (χ3n) is 4.07. The maximum Gasteiger partial charge on any atom is 0.131 e. The van der Waals surface area contributed by atoms with E-state index in [1.807, 2.05) is 37.3 Å². The monoisotopic (exact) mass is 338 g/mol. The Balaban J connectivity index is 1.65. The van der Waals surface area contributed by atoms with Gasteiger partial charge in [-0.1, -0.05) is 23.8 Å². The van der Waals surface area contributed by atoms with Gasteiger partial charge < -0.3 is 10.5 Å². The molecule has 3 nitrogen and oxygen atoms in total. The zero-order valence-corrected chi connectivity index (χ0v) is 15.1. The van der Waals surface area contributed by atoms with E-state index >= 15 is 0 Å². The highest BCUT2D eigenvalue weighted by Crippen LogP contribution is 2.22. The molecule has 3 aromatic rings. The zero-order valence-electron chi connectivity index (χ0n) is 14.3. The number of hydrogen-bond acceptors (Lipinski definition) is 4. The highest BCUT2D eigenvalue weighted by atomic mass is 32.1. The first-order chi connectivity index (χ1) is 11.5. The Kier molecular flexibility index (Phi) is 4.86. The molecule has 0 spiro atoms. The molecule has 0 bridgehead atoms. The number of ether oxygens (including phenoxy) is 1. The lowest BCUT2D eigenvalue weighted by Gasteiger charge is -2.08. The topological polar surface area (TPSA) is 48.1 Å². The third kappa shape index (κ3) is 3.95. The van der Waals surface area contributed by atoms with Gasteiger partial charge in [0.25, 0.3) is 0 Å². The van der Waals surface area contributed by atoms with Gasteiger partial charge in [0.1, 0.15) is 12.4 Å². The van der Waals surface area contributed by atoms with Gasteiger partial charge in [-0.3, -0.25) is 0 Å². The van der Waals surface area contributed by atoms with E-state index in [1.165, 1.54) is 16.7 Å². The van der Waals surface area contributed by atoms with Crippen LogP contribution in [-0.2, 0) is 13.0 Å². The molecule has 0 aliphatic heterocycles. The Hall–Kier alpha value is -2.33. The van der Waals surface area contributed by atoms with Crippen molar-refractivity contribution >= 4 is 17.0 Å². The molecule has 0 unspecified atom stereocenters. The molecule has 4 heteroatoms. The van der Waals surface area contributed by atoms with E-state index in [2.05, 4.69) is 25.3 Å². The quantitative estimate of drug-likeness (QED) is 0.678. The smallest absolute Gasteiger partial charge is 0.131 e. The molecule has 1 aromatic heterocycles. The van der Waals surface area contributed by atoms with Crippen LogP contribution in [0.4, 0.5) is 5.69 Å². The summed E-state index contributed by atoms with van der Waals surface area (Å²) >= 11 is 1.68. The van der Waals surface area contributed by atoms with Crippen molar-refractivity contribution < 1.29 is 4.74 Å². The highest BCUT2D eigenvalue weighted by molar-refractivity contribution is 7.09. The predicted octanol–water partition coefficient (Wildman–Crippen LogP) is 4.82. The van der Waals surface area contributed by atoms with Crippen LogP contribution in [0.1, 0.15) is 33.0 Å². The minimum Gasteiger partial charge on any atom is -0.487 e. The van der Waals surface area contributed by atoms with E-state index in [0.29, 0.717) is 6.61 Å². The molecule has 3 rings (SSSR count). The highest BCUT2D eigenvalue weighted by Gasteiger charge is 2.08. The second-order valence-electron chi connectivity index (χ2n) is 6.15. The van der Waals surface area contributed by atoms with Crippen molar-refractivity contribution in [3.63, 3.8) is 0 Å². The average Bonchev–Trinajstić information content (AvgIpc) is 3.00. The molecular formula is C20H22N2OS. The van der Waals surface area contributed by atoms with Crippen molar-refractivity contribution in [3.8, 4) is 5.75 Å². The van der Waals surface area contributed by atoms with E-state index < -0.39 is 0 Å². The van der Waals surface area contributed by atoms with Crippen LogP contribution in [0, 0.1) is 20.8 Å². The average molecular weight is 338 g/mol. The largest absolute Gasteiger partial charge is 0.487 e. The number of hydrogen-bond donors (Lipinski definition) is 1. The number of anilines is 1. The van der Waals surface area contributed by atoms with Crippen molar-refractivity contribution in [3.05, 3.63) is 74.7 Å². The van der Waals surface area contributed by atoms with Gasteiger partial charge in [-0.15, -0.1) is 11.3 Å². The lowest BCUT2D eigenvalue weighted by Crippen LogP contribution is -1.98. The van der Waals surface area contributed by atoms with Gasteiger partial charge in [0.15, 0.2) is 0 Å². The van der Waals surface area contributed by atoms with E-state index in [9.17, 15) is 0 Å². The van der Waals surface area contributed by atoms with Crippen LogP contribution >= 0.6 is 11.3 Å². The van der Waals surface area contributed by atoms with Crippen LogP contribution in [0.25, 0.3) is 0 Å². The molecule has 124 valence electrons.